The summed E-state index contributed by atoms with van der Waals surface area (Å²) < 4.78 is 2.08. The Kier molecular flexibility index (Phi) is 5.01. The number of aryl methyl sites for hydroxylation is 1. The standard InChI is InChI=1S/C22H24N4O/c1-16-6-8-18(9-7-16)22(27)24-14-15-26-20-5-3-2-4-19(20)21(25-26)17-10-12-23-13-11-17/h6-13H,2-5,14-15H2,1H3,(H,24,27). The summed E-state index contributed by atoms with van der Waals surface area (Å²) in [5.41, 5.74) is 6.71. The lowest BCUT2D eigenvalue weighted by molar-refractivity contribution is 0.0952. The Morgan fingerprint density at radius 2 is 1.81 bits per heavy atom. The average Bonchev–Trinajstić information content (AvgIpc) is 3.08. The van der Waals surface area contributed by atoms with Gasteiger partial charge in [-0.25, -0.2) is 0 Å². The van der Waals surface area contributed by atoms with Gasteiger partial charge in [-0.3, -0.25) is 14.5 Å². The Morgan fingerprint density at radius 1 is 1.07 bits per heavy atom. The Hall–Kier alpha value is -2.95. The minimum absolute atomic E-state index is 0.0367. The zero-order valence-corrected chi connectivity index (χ0v) is 15.6. The number of nitrogens with zero attached hydrogens (tertiary/aromatic N) is 3. The molecule has 0 bridgehead atoms. The van der Waals surface area contributed by atoms with Crippen molar-refractivity contribution in [3.05, 3.63) is 71.2 Å². The molecule has 0 saturated heterocycles. The van der Waals surface area contributed by atoms with E-state index in [4.69, 9.17) is 5.10 Å². The number of hydrogen-bond acceptors (Lipinski definition) is 3. The molecule has 0 spiro atoms. The van der Waals surface area contributed by atoms with E-state index < -0.39 is 0 Å². The first-order valence-corrected chi connectivity index (χ1v) is 9.56. The predicted octanol–water partition coefficient (Wildman–Crippen LogP) is 3.56. The van der Waals surface area contributed by atoms with E-state index in [9.17, 15) is 4.79 Å². The van der Waals surface area contributed by atoms with Crippen molar-refractivity contribution in [3.8, 4) is 11.3 Å². The van der Waals surface area contributed by atoms with Crippen LogP contribution in [0.1, 0.15) is 40.0 Å². The highest BCUT2D eigenvalue weighted by Gasteiger charge is 2.21. The molecule has 2 heterocycles. The zero-order valence-electron chi connectivity index (χ0n) is 15.6. The van der Waals surface area contributed by atoms with Gasteiger partial charge in [0, 0.05) is 41.3 Å². The van der Waals surface area contributed by atoms with Crippen molar-refractivity contribution < 1.29 is 4.79 Å². The first-order valence-electron chi connectivity index (χ1n) is 9.56. The maximum absolute atomic E-state index is 12.3. The van der Waals surface area contributed by atoms with E-state index in [0.29, 0.717) is 18.7 Å². The van der Waals surface area contributed by atoms with E-state index >= 15 is 0 Å². The lowest BCUT2D eigenvalue weighted by Gasteiger charge is -2.14. The van der Waals surface area contributed by atoms with Gasteiger partial charge in [0.15, 0.2) is 0 Å². The van der Waals surface area contributed by atoms with E-state index in [1.54, 1.807) is 0 Å². The van der Waals surface area contributed by atoms with E-state index in [-0.39, 0.29) is 5.91 Å². The van der Waals surface area contributed by atoms with Gasteiger partial charge in [-0.1, -0.05) is 17.7 Å². The second kappa shape index (κ2) is 7.74. The molecule has 0 fully saturated rings. The smallest absolute Gasteiger partial charge is 0.251 e. The molecule has 138 valence electrons. The number of rotatable bonds is 5. The van der Waals surface area contributed by atoms with Crippen molar-refractivity contribution in [2.75, 3.05) is 6.54 Å². The molecule has 1 aliphatic carbocycles. The number of hydrogen-bond donors (Lipinski definition) is 1. The minimum Gasteiger partial charge on any atom is -0.350 e. The maximum Gasteiger partial charge on any atom is 0.251 e. The molecule has 1 N–H and O–H groups in total. The third kappa shape index (κ3) is 3.77. The SMILES string of the molecule is Cc1ccc(C(=O)NCCn2nc(-c3ccncc3)c3c2CCCC3)cc1. The molecule has 0 saturated carbocycles. The lowest BCUT2D eigenvalue weighted by Crippen LogP contribution is -2.28. The van der Waals surface area contributed by atoms with Crippen molar-refractivity contribution in [3.63, 3.8) is 0 Å². The fourth-order valence-corrected chi connectivity index (χ4v) is 3.68. The van der Waals surface area contributed by atoms with Crippen LogP contribution in [0.4, 0.5) is 0 Å². The number of benzene rings is 1. The van der Waals surface area contributed by atoms with Gasteiger partial charge < -0.3 is 5.32 Å². The van der Waals surface area contributed by atoms with Crippen molar-refractivity contribution in [1.82, 2.24) is 20.1 Å². The van der Waals surface area contributed by atoms with Crippen LogP contribution >= 0.6 is 0 Å². The summed E-state index contributed by atoms with van der Waals surface area (Å²) in [6, 6.07) is 11.7. The number of carbonyl (C=O) groups excluding carboxylic acids is 1. The second-order valence-electron chi connectivity index (χ2n) is 7.06. The van der Waals surface area contributed by atoms with Gasteiger partial charge in [0.25, 0.3) is 5.91 Å². The Labute approximate surface area is 159 Å². The minimum atomic E-state index is -0.0367. The molecule has 0 aliphatic heterocycles. The van der Waals surface area contributed by atoms with Crippen LogP contribution in [0.3, 0.4) is 0 Å². The van der Waals surface area contributed by atoms with Crippen LogP contribution in [0.25, 0.3) is 11.3 Å². The summed E-state index contributed by atoms with van der Waals surface area (Å²) in [5, 5.41) is 7.89. The zero-order chi connectivity index (χ0) is 18.6. The van der Waals surface area contributed by atoms with E-state index in [2.05, 4.69) is 15.0 Å². The number of nitrogens with one attached hydrogen (secondary N) is 1. The molecule has 0 atom stereocenters. The highest BCUT2D eigenvalue weighted by Crippen LogP contribution is 2.30. The predicted molar refractivity (Wildman–Crippen MR) is 106 cm³/mol. The van der Waals surface area contributed by atoms with Gasteiger partial charge in [0.1, 0.15) is 0 Å². The fourth-order valence-electron chi connectivity index (χ4n) is 3.68. The van der Waals surface area contributed by atoms with Crippen LogP contribution in [0.5, 0.6) is 0 Å². The first kappa shape index (κ1) is 17.5. The Balaban J connectivity index is 1.48. The topological polar surface area (TPSA) is 59.8 Å². The fraction of sp³-hybridized carbons (Fsp3) is 0.318. The third-order valence-corrected chi connectivity index (χ3v) is 5.13. The molecule has 3 aromatic rings. The van der Waals surface area contributed by atoms with Crippen LogP contribution in [0.15, 0.2) is 48.8 Å². The van der Waals surface area contributed by atoms with Gasteiger partial charge in [0.05, 0.1) is 12.2 Å². The molecular weight excluding hydrogens is 336 g/mol. The second-order valence-corrected chi connectivity index (χ2v) is 7.06. The quantitative estimate of drug-likeness (QED) is 0.757. The van der Waals surface area contributed by atoms with Gasteiger partial charge >= 0.3 is 0 Å². The lowest BCUT2D eigenvalue weighted by atomic mass is 9.94. The van der Waals surface area contributed by atoms with Crippen LogP contribution < -0.4 is 5.32 Å². The molecule has 27 heavy (non-hydrogen) atoms. The maximum atomic E-state index is 12.3. The molecule has 0 unspecified atom stereocenters. The Morgan fingerprint density at radius 3 is 2.59 bits per heavy atom. The largest absolute Gasteiger partial charge is 0.350 e. The number of carbonyl (C=O) groups is 1. The average molecular weight is 360 g/mol. The van der Waals surface area contributed by atoms with Crippen molar-refractivity contribution >= 4 is 5.91 Å². The van der Waals surface area contributed by atoms with Crippen molar-refractivity contribution in [2.24, 2.45) is 0 Å². The van der Waals surface area contributed by atoms with Crippen LogP contribution in [-0.2, 0) is 19.4 Å². The van der Waals surface area contributed by atoms with Gasteiger partial charge in [-0.15, -0.1) is 0 Å². The summed E-state index contributed by atoms with van der Waals surface area (Å²) in [6.45, 7) is 3.27. The molecule has 4 rings (SSSR count). The van der Waals surface area contributed by atoms with Crippen LogP contribution in [0, 0.1) is 6.92 Å². The van der Waals surface area contributed by atoms with E-state index in [1.807, 2.05) is 55.7 Å². The molecule has 5 nitrogen and oxygen atoms in total. The molecule has 5 heteroatoms. The summed E-state index contributed by atoms with van der Waals surface area (Å²) >= 11 is 0. The van der Waals surface area contributed by atoms with E-state index in [1.165, 1.54) is 24.1 Å². The van der Waals surface area contributed by atoms with Crippen molar-refractivity contribution in [2.45, 2.75) is 39.2 Å². The van der Waals surface area contributed by atoms with Crippen LogP contribution in [0.2, 0.25) is 0 Å². The number of pyridine rings is 1. The number of amides is 1. The molecular formula is C22H24N4O. The van der Waals surface area contributed by atoms with Gasteiger partial charge in [0.2, 0.25) is 0 Å². The van der Waals surface area contributed by atoms with E-state index in [0.717, 1.165) is 29.7 Å². The highest BCUT2D eigenvalue weighted by atomic mass is 16.1. The molecule has 1 aromatic carbocycles. The van der Waals surface area contributed by atoms with Crippen molar-refractivity contribution in [1.29, 1.82) is 0 Å². The first-order chi connectivity index (χ1) is 13.2. The van der Waals surface area contributed by atoms with Crippen LogP contribution in [-0.4, -0.2) is 27.2 Å². The number of fused-ring (bicyclic) bond motifs is 1. The highest BCUT2D eigenvalue weighted by molar-refractivity contribution is 5.94. The third-order valence-electron chi connectivity index (χ3n) is 5.13. The Bertz CT molecular complexity index is 929. The number of aromatic nitrogens is 3. The molecule has 0 radical (unpaired) electrons. The summed E-state index contributed by atoms with van der Waals surface area (Å²) in [6.07, 6.45) is 8.16. The molecule has 1 amide bonds. The normalized spacial score (nSPS) is 13.2. The molecule has 1 aliphatic rings. The van der Waals surface area contributed by atoms with Gasteiger partial charge in [-0.05, 0) is 56.9 Å². The summed E-state index contributed by atoms with van der Waals surface area (Å²) in [7, 11) is 0. The summed E-state index contributed by atoms with van der Waals surface area (Å²) in [4.78, 5) is 16.4. The summed E-state index contributed by atoms with van der Waals surface area (Å²) in [5.74, 6) is -0.0367. The molecule has 2 aromatic heterocycles. The van der Waals surface area contributed by atoms with Gasteiger partial charge in [-0.2, -0.15) is 5.10 Å². The monoisotopic (exact) mass is 360 g/mol.